The van der Waals surface area contributed by atoms with Crippen LogP contribution < -0.4 is 0 Å². The number of benzene rings is 1. The molecule has 5 heteroatoms. The molecule has 0 heterocycles. The first-order chi connectivity index (χ1) is 6.15. The Balaban J connectivity index is 2.90. The number of esters is 1. The first kappa shape index (κ1) is 9.92. The SMILES string of the molecule is O=C(OCCl)c1ccc(F)c(F)c1. The Morgan fingerprint density at radius 1 is 1.38 bits per heavy atom. The minimum Gasteiger partial charge on any atom is -0.446 e. The molecule has 1 aromatic carbocycles. The summed E-state index contributed by atoms with van der Waals surface area (Å²) in [5.74, 6) is -2.89. The van der Waals surface area contributed by atoms with E-state index in [2.05, 4.69) is 4.74 Å². The van der Waals surface area contributed by atoms with Crippen LogP contribution in [0.2, 0.25) is 0 Å². The molecule has 0 aliphatic carbocycles. The molecule has 0 unspecified atom stereocenters. The number of alkyl halides is 1. The fraction of sp³-hybridized carbons (Fsp3) is 0.125. The molecule has 0 saturated heterocycles. The van der Waals surface area contributed by atoms with Crippen LogP contribution in [0.4, 0.5) is 8.78 Å². The van der Waals surface area contributed by atoms with Gasteiger partial charge in [-0.1, -0.05) is 11.6 Å². The zero-order valence-corrected chi connectivity index (χ0v) is 7.15. The third-order valence-corrected chi connectivity index (χ3v) is 1.45. The normalized spacial score (nSPS) is 9.77. The third-order valence-electron chi connectivity index (χ3n) is 1.34. The highest BCUT2D eigenvalue weighted by Crippen LogP contribution is 2.09. The Morgan fingerprint density at radius 2 is 2.08 bits per heavy atom. The van der Waals surface area contributed by atoms with Gasteiger partial charge in [0.2, 0.25) is 0 Å². The smallest absolute Gasteiger partial charge is 0.339 e. The van der Waals surface area contributed by atoms with E-state index < -0.39 is 17.6 Å². The van der Waals surface area contributed by atoms with E-state index in [1.807, 2.05) is 0 Å². The Hall–Kier alpha value is -1.16. The molecule has 70 valence electrons. The van der Waals surface area contributed by atoms with Gasteiger partial charge in [0, 0.05) is 0 Å². The lowest BCUT2D eigenvalue weighted by atomic mass is 10.2. The van der Waals surface area contributed by atoms with Crippen LogP contribution in [0.1, 0.15) is 10.4 Å². The van der Waals surface area contributed by atoms with E-state index in [-0.39, 0.29) is 11.6 Å². The lowest BCUT2D eigenvalue weighted by Crippen LogP contribution is -2.04. The van der Waals surface area contributed by atoms with Crippen molar-refractivity contribution in [3.63, 3.8) is 0 Å². The van der Waals surface area contributed by atoms with Crippen molar-refractivity contribution in [3.05, 3.63) is 35.4 Å². The summed E-state index contributed by atoms with van der Waals surface area (Å²) in [6.07, 6.45) is 0. The van der Waals surface area contributed by atoms with Gasteiger partial charge in [-0.2, -0.15) is 0 Å². The fourth-order valence-corrected chi connectivity index (χ4v) is 0.855. The predicted octanol–water partition coefficient (Wildman–Crippen LogP) is 2.32. The van der Waals surface area contributed by atoms with Crippen molar-refractivity contribution >= 4 is 17.6 Å². The summed E-state index contributed by atoms with van der Waals surface area (Å²) in [5.41, 5.74) is -0.0699. The predicted molar refractivity (Wildman–Crippen MR) is 42.5 cm³/mol. The maximum absolute atomic E-state index is 12.6. The highest BCUT2D eigenvalue weighted by atomic mass is 35.5. The Kier molecular flexibility index (Phi) is 3.19. The van der Waals surface area contributed by atoms with Crippen molar-refractivity contribution in [2.75, 3.05) is 6.07 Å². The maximum Gasteiger partial charge on any atom is 0.339 e. The molecule has 0 bridgehead atoms. The first-order valence-corrected chi connectivity index (χ1v) is 3.86. The molecule has 1 rings (SSSR count). The zero-order valence-electron chi connectivity index (χ0n) is 6.39. The van der Waals surface area contributed by atoms with Crippen molar-refractivity contribution in [1.82, 2.24) is 0 Å². The third kappa shape index (κ3) is 2.39. The van der Waals surface area contributed by atoms with E-state index in [4.69, 9.17) is 11.6 Å². The molecule has 1 aromatic rings. The van der Waals surface area contributed by atoms with Crippen LogP contribution in [0.15, 0.2) is 18.2 Å². The van der Waals surface area contributed by atoms with E-state index in [0.717, 1.165) is 18.2 Å². The van der Waals surface area contributed by atoms with Gasteiger partial charge in [0.25, 0.3) is 0 Å². The van der Waals surface area contributed by atoms with Crippen molar-refractivity contribution in [1.29, 1.82) is 0 Å². The molecule has 0 aliphatic rings. The molecule has 0 radical (unpaired) electrons. The molecule has 0 aliphatic heterocycles. The minimum absolute atomic E-state index is 0.0699. The van der Waals surface area contributed by atoms with Crippen LogP contribution in [0, 0.1) is 11.6 Å². The van der Waals surface area contributed by atoms with Crippen LogP contribution in [-0.2, 0) is 4.74 Å². The van der Waals surface area contributed by atoms with Gasteiger partial charge in [-0.15, -0.1) is 0 Å². The second kappa shape index (κ2) is 4.18. The van der Waals surface area contributed by atoms with Gasteiger partial charge in [-0.25, -0.2) is 13.6 Å². The first-order valence-electron chi connectivity index (χ1n) is 3.33. The molecule has 0 amide bonds. The summed E-state index contributed by atoms with van der Waals surface area (Å²) in [6.45, 7) is 0. The lowest BCUT2D eigenvalue weighted by molar-refractivity contribution is 0.0573. The molecule has 0 fully saturated rings. The number of ether oxygens (including phenoxy) is 1. The van der Waals surface area contributed by atoms with Gasteiger partial charge in [0.05, 0.1) is 5.56 Å². The second-order valence-corrected chi connectivity index (χ2v) is 2.39. The van der Waals surface area contributed by atoms with Crippen molar-refractivity contribution in [2.45, 2.75) is 0 Å². The van der Waals surface area contributed by atoms with E-state index in [1.54, 1.807) is 0 Å². The summed E-state index contributed by atoms with van der Waals surface area (Å²) >= 11 is 5.11. The van der Waals surface area contributed by atoms with Gasteiger partial charge in [-0.05, 0) is 18.2 Å². The average Bonchev–Trinajstić information content (AvgIpc) is 2.10. The van der Waals surface area contributed by atoms with Crippen LogP contribution in [-0.4, -0.2) is 12.0 Å². The lowest BCUT2D eigenvalue weighted by Gasteiger charge is -2.00. The summed E-state index contributed by atoms with van der Waals surface area (Å²) in [4.78, 5) is 10.9. The molecular weight excluding hydrogens is 202 g/mol. The number of hydrogen-bond donors (Lipinski definition) is 0. The van der Waals surface area contributed by atoms with Crippen LogP contribution >= 0.6 is 11.6 Å². The minimum atomic E-state index is -1.09. The summed E-state index contributed by atoms with van der Waals surface area (Å²) in [7, 11) is 0. The standard InChI is InChI=1S/C8H5ClF2O2/c9-4-13-8(12)5-1-2-6(10)7(11)3-5/h1-3H,4H2. The largest absolute Gasteiger partial charge is 0.446 e. The molecule has 2 nitrogen and oxygen atoms in total. The van der Waals surface area contributed by atoms with Crippen LogP contribution in [0.25, 0.3) is 0 Å². The molecule has 0 saturated carbocycles. The maximum atomic E-state index is 12.6. The van der Waals surface area contributed by atoms with Crippen molar-refractivity contribution in [3.8, 4) is 0 Å². The Labute approximate surface area is 78.1 Å². The van der Waals surface area contributed by atoms with Gasteiger partial charge in [-0.3, -0.25) is 0 Å². The van der Waals surface area contributed by atoms with Gasteiger partial charge in [0.1, 0.15) is 0 Å². The quantitative estimate of drug-likeness (QED) is 0.548. The number of carbonyl (C=O) groups is 1. The summed E-state index contributed by atoms with van der Waals surface area (Å²) in [5, 5.41) is 0. The average molecular weight is 207 g/mol. The van der Waals surface area contributed by atoms with Crippen molar-refractivity contribution < 1.29 is 18.3 Å². The van der Waals surface area contributed by atoms with Gasteiger partial charge in [0.15, 0.2) is 17.7 Å². The summed E-state index contributed by atoms with van der Waals surface area (Å²) < 4.78 is 29.3. The Bertz CT molecular complexity index is 328. The van der Waals surface area contributed by atoms with E-state index in [0.29, 0.717) is 0 Å². The highest BCUT2D eigenvalue weighted by molar-refractivity contribution is 6.17. The Morgan fingerprint density at radius 3 is 2.62 bits per heavy atom. The van der Waals surface area contributed by atoms with Gasteiger partial charge >= 0.3 is 5.97 Å². The number of halogens is 3. The molecule has 0 atom stereocenters. The monoisotopic (exact) mass is 206 g/mol. The molecular formula is C8H5ClF2O2. The molecule has 0 spiro atoms. The molecule has 0 aromatic heterocycles. The van der Waals surface area contributed by atoms with Crippen molar-refractivity contribution in [2.24, 2.45) is 0 Å². The van der Waals surface area contributed by atoms with Crippen LogP contribution in [0.3, 0.4) is 0 Å². The number of carbonyl (C=O) groups excluding carboxylic acids is 1. The van der Waals surface area contributed by atoms with E-state index in [1.165, 1.54) is 0 Å². The number of rotatable bonds is 2. The van der Waals surface area contributed by atoms with Gasteiger partial charge < -0.3 is 4.74 Å². The summed E-state index contributed by atoms with van der Waals surface area (Å²) in [6, 6.07) is 2.40. The topological polar surface area (TPSA) is 26.3 Å². The van der Waals surface area contributed by atoms with E-state index >= 15 is 0 Å². The van der Waals surface area contributed by atoms with E-state index in [9.17, 15) is 13.6 Å². The second-order valence-electron chi connectivity index (χ2n) is 2.17. The van der Waals surface area contributed by atoms with Crippen LogP contribution in [0.5, 0.6) is 0 Å². The number of hydrogen-bond acceptors (Lipinski definition) is 2. The highest BCUT2D eigenvalue weighted by Gasteiger charge is 2.09. The molecule has 0 N–H and O–H groups in total. The zero-order chi connectivity index (χ0) is 9.84. The fourth-order valence-electron chi connectivity index (χ4n) is 0.756. The molecule has 13 heavy (non-hydrogen) atoms.